The number of carbonyl (C=O) groups excluding carboxylic acids is 1. The number of carboxylic acids is 2. The van der Waals surface area contributed by atoms with E-state index in [1.54, 1.807) is 67.8 Å². The summed E-state index contributed by atoms with van der Waals surface area (Å²) >= 11 is 5.02. The van der Waals surface area contributed by atoms with E-state index in [0.717, 1.165) is 12.1 Å². The molecule has 1 amide bonds. The van der Waals surface area contributed by atoms with Gasteiger partial charge in [-0.1, -0.05) is 6.07 Å². The van der Waals surface area contributed by atoms with Crippen LogP contribution in [0.1, 0.15) is 31.1 Å². The van der Waals surface area contributed by atoms with Gasteiger partial charge < -0.3 is 40.7 Å². The van der Waals surface area contributed by atoms with Crippen molar-refractivity contribution in [3.63, 3.8) is 0 Å². The van der Waals surface area contributed by atoms with Gasteiger partial charge in [0.1, 0.15) is 29.9 Å². The first-order valence-corrected chi connectivity index (χ1v) is 13.5. The van der Waals surface area contributed by atoms with Crippen LogP contribution in [0.2, 0.25) is 0 Å². The third kappa shape index (κ3) is 5.73. The highest BCUT2D eigenvalue weighted by Gasteiger charge is 2.44. The minimum absolute atomic E-state index is 0.0249. The second-order valence-corrected chi connectivity index (χ2v) is 11.1. The summed E-state index contributed by atoms with van der Waals surface area (Å²) in [5.74, 6) is -3.92. The summed E-state index contributed by atoms with van der Waals surface area (Å²) in [6, 6.07) is 1.67. The number of nitrogens with zero attached hydrogens (tertiary/aromatic N) is 1. The molecule has 0 aromatic heterocycles. The smallest absolute Gasteiger partial charge is 0.337 e. The van der Waals surface area contributed by atoms with Gasteiger partial charge in [-0.25, -0.2) is 9.59 Å². The van der Waals surface area contributed by atoms with Crippen LogP contribution < -0.4 is 5.32 Å². The fraction of sp³-hybridized carbons (Fsp3) is 0.286. The molecule has 1 saturated heterocycles. The monoisotopic (exact) mass is 870 g/mol. The normalized spacial score (nSPS) is 23.1. The first kappa shape index (κ1) is 30.8. The average Bonchev–Trinajstić information content (AvgIpc) is 2.83. The maximum atomic E-state index is 12.9. The summed E-state index contributed by atoms with van der Waals surface area (Å²) in [7, 11) is 0. The molecule has 3 rings (SSSR count). The van der Waals surface area contributed by atoms with E-state index in [-0.39, 0.29) is 33.0 Å². The van der Waals surface area contributed by atoms with E-state index in [0.29, 0.717) is 0 Å². The third-order valence-corrected chi connectivity index (χ3v) is 8.91. The van der Waals surface area contributed by atoms with Crippen molar-refractivity contribution in [2.24, 2.45) is 0 Å². The lowest BCUT2D eigenvalue weighted by Crippen LogP contribution is -2.64. The standard InChI is InChI=1S/C21H17I3N2O12/c22-12-9(13(23)11(20(33)34)14(24)10(12)19(31)32)5-1-2-6(7(3-5)26(36)37)18(30)25-15-17(29)16(28)8(4-27)38-21(15)35/h1-3,8,15-17,21,27-29,35H,4H2,(H,25,30)(H,31,32)(H,33,34). The van der Waals surface area contributed by atoms with Crippen LogP contribution in [0, 0.1) is 20.8 Å². The molecular weight excluding hydrogens is 853 g/mol. The van der Waals surface area contributed by atoms with Gasteiger partial charge in [-0.15, -0.1) is 0 Å². The Morgan fingerprint density at radius 2 is 1.53 bits per heavy atom. The van der Waals surface area contributed by atoms with Crippen molar-refractivity contribution < 1.29 is 54.7 Å². The number of carboxylic acid groups (broad SMARTS) is 2. The largest absolute Gasteiger partial charge is 0.478 e. The number of nitrogens with one attached hydrogen (secondary N) is 1. The summed E-state index contributed by atoms with van der Waals surface area (Å²) < 4.78 is 5.19. The van der Waals surface area contributed by atoms with E-state index in [9.17, 15) is 55.1 Å². The van der Waals surface area contributed by atoms with Gasteiger partial charge in [0.15, 0.2) is 6.29 Å². The number of aliphatic hydroxyl groups excluding tert-OH is 4. The molecule has 2 aromatic carbocycles. The molecule has 5 atom stereocenters. The van der Waals surface area contributed by atoms with Crippen molar-refractivity contribution >= 4 is 91.3 Å². The zero-order chi connectivity index (χ0) is 28.6. The quantitative estimate of drug-likeness (QED) is 0.117. The number of nitro benzene ring substituents is 1. The van der Waals surface area contributed by atoms with Crippen LogP contribution in [0.4, 0.5) is 5.69 Å². The second-order valence-electron chi connectivity index (χ2n) is 7.89. The molecule has 17 heteroatoms. The second kappa shape index (κ2) is 12.2. The van der Waals surface area contributed by atoms with E-state index in [1.807, 2.05) is 0 Å². The Kier molecular flexibility index (Phi) is 9.87. The number of ether oxygens (including phenoxy) is 1. The van der Waals surface area contributed by atoms with Gasteiger partial charge in [0.25, 0.3) is 11.6 Å². The molecule has 1 heterocycles. The minimum atomic E-state index is -1.85. The van der Waals surface area contributed by atoms with Crippen molar-refractivity contribution in [1.82, 2.24) is 5.32 Å². The topological polar surface area (TPSA) is 237 Å². The molecule has 1 fully saturated rings. The third-order valence-electron chi connectivity index (χ3n) is 5.67. The minimum Gasteiger partial charge on any atom is -0.478 e. The highest BCUT2D eigenvalue weighted by molar-refractivity contribution is 14.1. The van der Waals surface area contributed by atoms with Crippen molar-refractivity contribution in [1.29, 1.82) is 0 Å². The highest BCUT2D eigenvalue weighted by atomic mass is 127. The molecular formula is C21H17I3N2O12. The van der Waals surface area contributed by atoms with Crippen LogP contribution in [0.3, 0.4) is 0 Å². The number of amides is 1. The van der Waals surface area contributed by atoms with Gasteiger partial charge in [0.05, 0.1) is 22.7 Å². The number of rotatable bonds is 7. The van der Waals surface area contributed by atoms with Crippen molar-refractivity contribution in [2.45, 2.75) is 30.6 Å². The first-order chi connectivity index (χ1) is 17.7. The molecule has 14 nitrogen and oxygen atoms in total. The molecule has 0 radical (unpaired) electrons. The van der Waals surface area contributed by atoms with Crippen LogP contribution in [0.15, 0.2) is 18.2 Å². The average molecular weight is 870 g/mol. The molecule has 0 saturated carbocycles. The highest BCUT2D eigenvalue weighted by Crippen LogP contribution is 2.40. The summed E-state index contributed by atoms with van der Waals surface area (Å²) in [6.07, 6.45) is -6.64. The fourth-order valence-corrected chi connectivity index (χ4v) is 8.52. The number of carbonyl (C=O) groups is 3. The Labute approximate surface area is 253 Å². The zero-order valence-corrected chi connectivity index (χ0v) is 25.0. The number of halogens is 3. The fourth-order valence-electron chi connectivity index (χ4n) is 3.81. The summed E-state index contributed by atoms with van der Waals surface area (Å²) in [5.41, 5.74) is -1.70. The van der Waals surface area contributed by atoms with Crippen LogP contribution in [-0.4, -0.2) is 90.7 Å². The van der Waals surface area contributed by atoms with Gasteiger partial charge >= 0.3 is 11.9 Å². The summed E-state index contributed by atoms with van der Waals surface area (Å²) in [4.78, 5) is 47.7. The van der Waals surface area contributed by atoms with Crippen LogP contribution >= 0.6 is 67.8 Å². The van der Waals surface area contributed by atoms with E-state index in [1.165, 1.54) is 6.07 Å². The van der Waals surface area contributed by atoms with Crippen LogP contribution in [-0.2, 0) is 4.74 Å². The predicted octanol–water partition coefficient (Wildman–Crippen LogP) is 1.00. The van der Waals surface area contributed by atoms with Crippen LogP contribution in [0.25, 0.3) is 11.1 Å². The molecule has 1 aliphatic rings. The number of hydrogen-bond donors (Lipinski definition) is 7. The maximum Gasteiger partial charge on any atom is 0.337 e. The van der Waals surface area contributed by atoms with Gasteiger partial charge in [-0.2, -0.15) is 0 Å². The SMILES string of the molecule is O=C(NC1C(O)OC(CO)C(O)C1O)c1ccc(-c2c(I)c(C(=O)O)c(I)c(C(=O)O)c2I)cc1[N+](=O)[O-]. The molecule has 7 N–H and O–H groups in total. The predicted molar refractivity (Wildman–Crippen MR) is 152 cm³/mol. The van der Waals surface area contributed by atoms with E-state index in [2.05, 4.69) is 5.32 Å². The number of aliphatic hydroxyl groups is 4. The lowest BCUT2D eigenvalue weighted by atomic mass is 9.96. The van der Waals surface area contributed by atoms with Crippen molar-refractivity contribution in [3.8, 4) is 11.1 Å². The Balaban J connectivity index is 2.10. The van der Waals surface area contributed by atoms with Gasteiger partial charge in [0, 0.05) is 22.3 Å². The molecule has 38 heavy (non-hydrogen) atoms. The number of benzene rings is 2. The Morgan fingerprint density at radius 1 is 0.974 bits per heavy atom. The molecule has 5 unspecified atom stereocenters. The van der Waals surface area contributed by atoms with Gasteiger partial charge in [-0.3, -0.25) is 14.9 Å². The molecule has 0 bridgehead atoms. The molecule has 0 aliphatic carbocycles. The number of nitro groups is 1. The molecule has 0 spiro atoms. The van der Waals surface area contributed by atoms with Gasteiger partial charge in [-0.05, 0) is 79.4 Å². The van der Waals surface area contributed by atoms with Gasteiger partial charge in [0.2, 0.25) is 0 Å². The van der Waals surface area contributed by atoms with Crippen LogP contribution in [0.5, 0.6) is 0 Å². The zero-order valence-electron chi connectivity index (χ0n) is 18.5. The maximum absolute atomic E-state index is 12.9. The Hall–Kier alpha value is -1.76. The number of hydrogen-bond acceptors (Lipinski definition) is 10. The summed E-state index contributed by atoms with van der Waals surface area (Å²) in [6.45, 7) is -0.730. The van der Waals surface area contributed by atoms with Crippen molar-refractivity contribution in [2.75, 3.05) is 6.61 Å². The lowest BCUT2D eigenvalue weighted by molar-refractivity contribution is -0.385. The first-order valence-electron chi connectivity index (χ1n) is 10.3. The van der Waals surface area contributed by atoms with E-state index >= 15 is 0 Å². The Bertz CT molecular complexity index is 1300. The molecule has 204 valence electrons. The summed E-state index contributed by atoms with van der Waals surface area (Å²) in [5, 5.41) is 72.9. The van der Waals surface area contributed by atoms with Crippen molar-refractivity contribution in [3.05, 3.63) is 55.7 Å². The Morgan fingerprint density at radius 3 is 2.00 bits per heavy atom. The number of aromatic carboxylic acids is 2. The van der Waals surface area contributed by atoms with E-state index in [4.69, 9.17) is 4.74 Å². The molecule has 2 aromatic rings. The van der Waals surface area contributed by atoms with E-state index < -0.39 is 71.3 Å². The molecule has 1 aliphatic heterocycles. The lowest BCUT2D eigenvalue weighted by Gasteiger charge is -2.40.